The fourth-order valence-electron chi connectivity index (χ4n) is 0. The average Bonchev–Trinajstić information content (AvgIpc) is 2.09. The van der Waals surface area contributed by atoms with Gasteiger partial charge in [-0.25, -0.2) is 0 Å². The molecule has 99 valence electrons. The molecule has 0 aliphatic carbocycles. The van der Waals surface area contributed by atoms with Crippen molar-refractivity contribution in [1.29, 1.82) is 0 Å². The van der Waals surface area contributed by atoms with Gasteiger partial charge in [-0.05, 0) is 11.8 Å². The molecule has 0 radical (unpaired) electrons. The van der Waals surface area contributed by atoms with Crippen LogP contribution < -0.4 is 0 Å². The van der Waals surface area contributed by atoms with Gasteiger partial charge in [0.25, 0.3) is 0 Å². The third-order valence-corrected chi connectivity index (χ3v) is 0.730. The van der Waals surface area contributed by atoms with Crippen LogP contribution in [0.2, 0.25) is 0 Å². The van der Waals surface area contributed by atoms with Crippen LogP contribution in [0.15, 0.2) is 0 Å². The second-order valence-corrected chi connectivity index (χ2v) is 3.15. The van der Waals surface area contributed by atoms with Crippen LogP contribution >= 0.6 is 37.2 Å². The minimum absolute atomic E-state index is 0. The van der Waals surface area contributed by atoms with Crippen LogP contribution in [0.1, 0.15) is 27.7 Å². The fraction of sp³-hybridized carbons (Fsp3) is 1.00. The molecule has 0 atom stereocenters. The van der Waals surface area contributed by atoms with Crippen LogP contribution in [-0.2, 0) is 21.0 Å². The van der Waals surface area contributed by atoms with Gasteiger partial charge in [0.2, 0.25) is 0 Å². The van der Waals surface area contributed by atoms with Crippen molar-refractivity contribution in [1.82, 2.24) is 0 Å². The molecule has 7 heteroatoms. The van der Waals surface area contributed by atoms with Crippen LogP contribution in [0.4, 0.5) is 0 Å². The van der Waals surface area contributed by atoms with Crippen molar-refractivity contribution in [3.8, 4) is 0 Å². The number of aliphatic hydroxyl groups is 2. The summed E-state index contributed by atoms with van der Waals surface area (Å²) in [5.74, 6) is 0.880. The van der Waals surface area contributed by atoms with Crippen LogP contribution in [0.25, 0.3) is 0 Å². The molecule has 15 heavy (non-hydrogen) atoms. The summed E-state index contributed by atoms with van der Waals surface area (Å²) in [5.41, 5.74) is 0. The Morgan fingerprint density at radius 3 is 0.867 bits per heavy atom. The first-order valence-electron chi connectivity index (χ1n) is 3.94. The molecule has 0 bridgehead atoms. The van der Waals surface area contributed by atoms with E-state index in [1.807, 2.05) is 27.7 Å². The molecule has 0 aliphatic heterocycles. The molecule has 3 nitrogen and oxygen atoms in total. The molecule has 2 N–H and O–H groups in total. The van der Waals surface area contributed by atoms with E-state index < -0.39 is 0 Å². The van der Waals surface area contributed by atoms with Crippen molar-refractivity contribution in [3.63, 3.8) is 0 Å². The molecule has 0 aromatic carbocycles. The van der Waals surface area contributed by atoms with E-state index in [1.165, 1.54) is 0 Å². The number of hydrogen-bond donors (Lipinski definition) is 2. The normalized spacial score (nSPS) is 6.60. The molecular weight excluding hydrogens is 301 g/mol. The van der Waals surface area contributed by atoms with E-state index in [0.717, 1.165) is 17.4 Å². The summed E-state index contributed by atoms with van der Waals surface area (Å²) < 4.78 is 8.19. The maximum atomic E-state index is 8.19. The second kappa shape index (κ2) is 36.2. The van der Waals surface area contributed by atoms with Crippen molar-refractivity contribution in [2.24, 2.45) is 11.8 Å². The topological polar surface area (TPSA) is 57.5 Å². The Labute approximate surface area is 121 Å². The van der Waals surface area contributed by atoms with Crippen molar-refractivity contribution in [2.75, 3.05) is 13.2 Å². The standard InChI is InChI=1S/2C4H10O.3ClH.O.V/c2*1-4(2)3-5;;;;;/h2*4-5H,3H2,1-2H3;3*1H;;. The molecule has 0 saturated carbocycles. The number of rotatable bonds is 2. The van der Waals surface area contributed by atoms with Gasteiger partial charge in [-0.2, -0.15) is 0 Å². The molecule has 0 amide bonds. The zero-order chi connectivity index (χ0) is 10.6. The number of halogens is 3. The Kier molecular flexibility index (Phi) is 86.9. The molecule has 0 fully saturated rings. The van der Waals surface area contributed by atoms with Gasteiger partial charge in [0.1, 0.15) is 0 Å². The average molecular weight is 325 g/mol. The zero-order valence-corrected chi connectivity index (χ0v) is 13.4. The summed E-state index contributed by atoms with van der Waals surface area (Å²) in [7, 11) is 0. The Bertz CT molecular complexity index is 70.2. The number of aliphatic hydroxyl groups excluding tert-OH is 2. The quantitative estimate of drug-likeness (QED) is 0.820. The summed E-state index contributed by atoms with van der Waals surface area (Å²) in [6, 6.07) is 0. The third-order valence-electron chi connectivity index (χ3n) is 0.730. The summed E-state index contributed by atoms with van der Waals surface area (Å²) in [4.78, 5) is 0. The first-order chi connectivity index (χ1) is 5.54. The molecule has 0 spiro atoms. The van der Waals surface area contributed by atoms with Crippen LogP contribution in [-0.4, -0.2) is 23.4 Å². The molecule has 0 heterocycles. The van der Waals surface area contributed by atoms with Gasteiger partial charge < -0.3 is 10.2 Å². The Morgan fingerprint density at radius 1 is 0.800 bits per heavy atom. The van der Waals surface area contributed by atoms with E-state index >= 15 is 0 Å². The van der Waals surface area contributed by atoms with Crippen molar-refractivity contribution in [3.05, 3.63) is 0 Å². The second-order valence-electron chi connectivity index (χ2n) is 3.15. The summed E-state index contributed by atoms with van der Waals surface area (Å²) in [6.45, 7) is 8.50. The molecule has 0 unspecified atom stereocenters. The van der Waals surface area contributed by atoms with Crippen LogP contribution in [0.5, 0.6) is 0 Å². The Balaban J connectivity index is -0.0000000197. The summed E-state index contributed by atoms with van der Waals surface area (Å²) in [5, 5.41) is 16.3. The molecule has 0 aromatic heterocycles. The molecule has 0 aliphatic rings. The van der Waals surface area contributed by atoms with Crippen molar-refractivity contribution < 1.29 is 31.3 Å². The van der Waals surface area contributed by atoms with Gasteiger partial charge in [0.05, 0.1) is 0 Å². The van der Waals surface area contributed by atoms with Crippen molar-refractivity contribution in [2.45, 2.75) is 27.7 Å². The predicted octanol–water partition coefficient (Wildman–Crippen LogP) is 2.41. The van der Waals surface area contributed by atoms with Gasteiger partial charge in [-0.3, -0.25) is 0 Å². The van der Waals surface area contributed by atoms with Crippen LogP contribution in [0.3, 0.4) is 0 Å². The fourth-order valence-corrected chi connectivity index (χ4v) is 0. The zero-order valence-electron chi connectivity index (χ0n) is 9.54. The van der Waals surface area contributed by atoms with E-state index in [1.54, 1.807) is 0 Å². The van der Waals surface area contributed by atoms with Crippen LogP contribution in [0, 0.1) is 11.8 Å². The molecule has 0 saturated heterocycles. The van der Waals surface area contributed by atoms with E-state index in [0.29, 0.717) is 25.0 Å². The van der Waals surface area contributed by atoms with E-state index in [-0.39, 0.29) is 37.2 Å². The Hall–Kier alpha value is 1.17. The van der Waals surface area contributed by atoms with E-state index in [2.05, 4.69) is 0 Å². The monoisotopic (exact) mass is 323 g/mol. The summed E-state index contributed by atoms with van der Waals surface area (Å²) in [6.07, 6.45) is 0. The van der Waals surface area contributed by atoms with Gasteiger partial charge in [-0.15, -0.1) is 37.2 Å². The third kappa shape index (κ3) is 98.4. The summed E-state index contributed by atoms with van der Waals surface area (Å²) >= 11 is 1.06. The van der Waals surface area contributed by atoms with Gasteiger partial charge >= 0.3 is 21.0 Å². The minimum atomic E-state index is 0. The van der Waals surface area contributed by atoms with Crippen molar-refractivity contribution >= 4 is 37.2 Å². The van der Waals surface area contributed by atoms with Gasteiger partial charge in [0.15, 0.2) is 0 Å². The number of hydrogen-bond acceptors (Lipinski definition) is 3. The van der Waals surface area contributed by atoms with E-state index in [4.69, 9.17) is 13.9 Å². The molecular formula is C8H23Cl3O3V. The maximum absolute atomic E-state index is 8.19. The SMILES string of the molecule is CC(C)CO.CC(C)CO.Cl.Cl.Cl.[O]=[V]. The molecule has 0 aromatic rings. The predicted molar refractivity (Wildman–Crippen MR) is 66.3 cm³/mol. The molecule has 0 rings (SSSR count). The first kappa shape index (κ1) is 36.0. The Morgan fingerprint density at radius 2 is 0.867 bits per heavy atom. The van der Waals surface area contributed by atoms with Gasteiger partial charge in [0, 0.05) is 13.2 Å². The van der Waals surface area contributed by atoms with E-state index in [9.17, 15) is 0 Å². The first-order valence-corrected chi connectivity index (χ1v) is 4.51. The van der Waals surface area contributed by atoms with Gasteiger partial charge in [-0.1, -0.05) is 27.7 Å².